The third kappa shape index (κ3) is 9.70. The standard InChI is InChI=1S/C45H53N5O8S/c1-45(2,3)35(26-40(51)49-22-12-7-13-23-49)44(54)50-28-32(58-39-27-36(29-14-8-5-9-15-29)46-37-24-31(57-4)18-21-34(37)39)25-38(50)42(52)47-41(30-16-10-6-11-17-30)43(53)48-59(55,56)33-19-20-33/h5-6,8-11,14-18,21,24,27,32-33,35,38,41H,7,12-13,19-20,22-23,25-26,28H2,1-4H3,(H,47,52)(H,48,53)/t32-,35-,38+,41+/m1/s1. The monoisotopic (exact) mass is 823 g/mol. The second-order valence-electron chi connectivity index (χ2n) is 16.9. The van der Waals surface area contributed by atoms with Crippen LogP contribution in [0.25, 0.3) is 22.2 Å². The number of sulfonamides is 1. The molecule has 13 nitrogen and oxygen atoms in total. The highest BCUT2D eigenvalue weighted by atomic mass is 32.2. The number of amides is 4. The molecule has 7 rings (SSSR count). The third-order valence-corrected chi connectivity index (χ3v) is 13.3. The maximum atomic E-state index is 14.9. The maximum absolute atomic E-state index is 14.9. The maximum Gasteiger partial charge on any atom is 0.260 e. The summed E-state index contributed by atoms with van der Waals surface area (Å²) in [6.07, 6.45) is 3.12. The van der Waals surface area contributed by atoms with Gasteiger partial charge in [-0.2, -0.15) is 0 Å². The molecule has 14 heteroatoms. The lowest BCUT2D eigenvalue weighted by atomic mass is 9.77. The molecule has 2 N–H and O–H groups in total. The van der Waals surface area contributed by atoms with Gasteiger partial charge in [-0.1, -0.05) is 81.4 Å². The van der Waals surface area contributed by atoms with E-state index in [0.29, 0.717) is 59.6 Å². The molecule has 59 heavy (non-hydrogen) atoms. The van der Waals surface area contributed by atoms with Crippen molar-refractivity contribution in [3.8, 4) is 22.8 Å². The molecule has 0 unspecified atom stereocenters. The fourth-order valence-electron chi connectivity index (χ4n) is 7.97. The topological polar surface area (TPSA) is 164 Å². The summed E-state index contributed by atoms with van der Waals surface area (Å²) in [6.45, 7) is 7.04. The number of methoxy groups -OCH3 is 1. The fourth-order valence-corrected chi connectivity index (χ4v) is 9.29. The SMILES string of the molecule is COc1ccc2c(O[C@@H]3C[C@@H](C(=O)N[C@H](C(=O)NS(=O)(=O)C4CC4)c4ccccc4)N(C(=O)[C@@H](CC(=O)N4CCCCC4)C(C)(C)C)C3)cc(-c3ccccc3)nc2c1. The lowest BCUT2D eigenvalue weighted by Gasteiger charge is -2.36. The minimum Gasteiger partial charge on any atom is -0.497 e. The number of fused-ring (bicyclic) bond motifs is 1. The van der Waals surface area contributed by atoms with Gasteiger partial charge < -0.3 is 24.6 Å². The Bertz CT molecular complexity index is 2290. The predicted molar refractivity (Wildman–Crippen MR) is 224 cm³/mol. The van der Waals surface area contributed by atoms with Crippen LogP contribution in [0.3, 0.4) is 0 Å². The lowest BCUT2D eigenvalue weighted by molar-refractivity contribution is -0.148. The van der Waals surface area contributed by atoms with Gasteiger partial charge in [0.2, 0.25) is 27.7 Å². The molecule has 1 aliphatic carbocycles. The summed E-state index contributed by atoms with van der Waals surface area (Å²) >= 11 is 0. The number of aromatic nitrogens is 1. The third-order valence-electron chi connectivity index (χ3n) is 11.5. The van der Waals surface area contributed by atoms with Crippen molar-refractivity contribution < 1.29 is 37.1 Å². The zero-order valence-electron chi connectivity index (χ0n) is 34.1. The minimum absolute atomic E-state index is 0.0142. The summed E-state index contributed by atoms with van der Waals surface area (Å²) in [6, 6.07) is 22.9. The van der Waals surface area contributed by atoms with E-state index in [0.717, 1.165) is 24.8 Å². The van der Waals surface area contributed by atoms with Gasteiger partial charge >= 0.3 is 0 Å². The second kappa shape index (κ2) is 17.4. The van der Waals surface area contributed by atoms with Crippen LogP contribution in [0.2, 0.25) is 0 Å². The number of carbonyl (C=O) groups excluding carboxylic acids is 4. The van der Waals surface area contributed by atoms with E-state index in [1.807, 2.05) is 80.3 Å². The highest BCUT2D eigenvalue weighted by Gasteiger charge is 2.47. The van der Waals surface area contributed by atoms with Crippen molar-refractivity contribution in [2.45, 2.75) is 89.2 Å². The zero-order chi connectivity index (χ0) is 41.9. The molecular formula is C45H53N5O8S. The quantitative estimate of drug-likeness (QED) is 0.170. The Kier molecular flexibility index (Phi) is 12.3. The molecule has 4 aromatic rings. The van der Waals surface area contributed by atoms with Gasteiger partial charge in [-0.25, -0.2) is 13.4 Å². The fraction of sp³-hybridized carbons (Fsp3) is 0.444. The first-order chi connectivity index (χ1) is 28.2. The Morgan fingerprint density at radius 1 is 0.898 bits per heavy atom. The van der Waals surface area contributed by atoms with Gasteiger partial charge in [0.05, 0.1) is 36.0 Å². The number of hydrogen-bond acceptors (Lipinski definition) is 9. The molecule has 4 amide bonds. The number of nitrogens with zero attached hydrogens (tertiary/aromatic N) is 3. The molecule has 3 fully saturated rings. The van der Waals surface area contributed by atoms with Crippen molar-refractivity contribution in [1.29, 1.82) is 0 Å². The Balaban J connectivity index is 1.23. The molecule has 4 atom stereocenters. The van der Waals surface area contributed by atoms with E-state index in [2.05, 4.69) is 10.0 Å². The molecule has 1 saturated carbocycles. The first-order valence-corrected chi connectivity index (χ1v) is 22.0. The number of benzene rings is 3. The van der Waals surface area contributed by atoms with Crippen LogP contribution in [-0.2, 0) is 29.2 Å². The van der Waals surface area contributed by atoms with E-state index >= 15 is 0 Å². The van der Waals surface area contributed by atoms with Gasteiger partial charge in [0.15, 0.2) is 0 Å². The van der Waals surface area contributed by atoms with E-state index in [-0.39, 0.29) is 31.2 Å². The van der Waals surface area contributed by atoms with E-state index < -0.39 is 56.6 Å². The zero-order valence-corrected chi connectivity index (χ0v) is 34.9. The summed E-state index contributed by atoms with van der Waals surface area (Å²) in [7, 11) is -2.36. The summed E-state index contributed by atoms with van der Waals surface area (Å²) in [5.74, 6) is -1.69. The summed E-state index contributed by atoms with van der Waals surface area (Å²) in [5, 5.41) is 2.85. The van der Waals surface area contributed by atoms with Crippen LogP contribution in [0.1, 0.15) is 77.3 Å². The molecule has 2 saturated heterocycles. The van der Waals surface area contributed by atoms with Crippen molar-refractivity contribution >= 4 is 44.6 Å². The van der Waals surface area contributed by atoms with Gasteiger partial charge in [0.1, 0.15) is 29.7 Å². The van der Waals surface area contributed by atoms with Crippen LogP contribution >= 0.6 is 0 Å². The number of pyridine rings is 1. The highest BCUT2D eigenvalue weighted by molar-refractivity contribution is 7.90. The van der Waals surface area contributed by atoms with Crippen molar-refractivity contribution in [2.24, 2.45) is 11.3 Å². The molecular weight excluding hydrogens is 771 g/mol. The first kappa shape index (κ1) is 41.7. The number of hydrogen-bond donors (Lipinski definition) is 2. The van der Waals surface area contributed by atoms with E-state index in [1.54, 1.807) is 37.4 Å². The lowest BCUT2D eigenvalue weighted by Crippen LogP contribution is -2.53. The van der Waals surface area contributed by atoms with E-state index in [9.17, 15) is 27.6 Å². The van der Waals surface area contributed by atoms with Gasteiger partial charge in [-0.05, 0) is 55.2 Å². The van der Waals surface area contributed by atoms with Crippen LogP contribution in [0.15, 0.2) is 84.9 Å². The molecule has 312 valence electrons. The normalized spacial score (nSPS) is 19.5. The van der Waals surface area contributed by atoms with Gasteiger partial charge in [0.25, 0.3) is 5.91 Å². The number of ether oxygens (including phenoxy) is 2. The Morgan fingerprint density at radius 2 is 1.58 bits per heavy atom. The smallest absolute Gasteiger partial charge is 0.260 e. The average Bonchev–Trinajstić information content (AvgIpc) is 4.02. The summed E-state index contributed by atoms with van der Waals surface area (Å²) in [5.41, 5.74) is 1.87. The van der Waals surface area contributed by atoms with Gasteiger partial charge in [-0.15, -0.1) is 0 Å². The molecule has 0 spiro atoms. The molecule has 0 bridgehead atoms. The van der Waals surface area contributed by atoms with Crippen molar-refractivity contribution in [3.63, 3.8) is 0 Å². The second-order valence-corrected chi connectivity index (χ2v) is 18.8. The van der Waals surface area contributed by atoms with E-state index in [1.165, 1.54) is 4.90 Å². The van der Waals surface area contributed by atoms with Gasteiger partial charge in [0, 0.05) is 49.0 Å². The first-order valence-electron chi connectivity index (χ1n) is 20.4. The Hall–Kier alpha value is -5.50. The summed E-state index contributed by atoms with van der Waals surface area (Å²) < 4.78 is 40.2. The van der Waals surface area contributed by atoms with Gasteiger partial charge in [-0.3, -0.25) is 23.9 Å². The van der Waals surface area contributed by atoms with Crippen molar-refractivity contribution in [3.05, 3.63) is 90.5 Å². The molecule has 3 aromatic carbocycles. The summed E-state index contributed by atoms with van der Waals surface area (Å²) in [4.78, 5) is 65.2. The predicted octanol–water partition coefficient (Wildman–Crippen LogP) is 5.79. The molecule has 0 radical (unpaired) electrons. The van der Waals surface area contributed by atoms with Crippen LogP contribution in [-0.4, -0.2) is 91.0 Å². The van der Waals surface area contributed by atoms with Crippen molar-refractivity contribution in [2.75, 3.05) is 26.7 Å². The molecule has 3 aliphatic rings. The number of piperidine rings is 1. The number of rotatable bonds is 13. The van der Waals surface area contributed by atoms with Crippen LogP contribution in [0.4, 0.5) is 0 Å². The molecule has 1 aromatic heterocycles. The number of nitrogens with one attached hydrogen (secondary N) is 2. The molecule has 2 aliphatic heterocycles. The largest absolute Gasteiger partial charge is 0.497 e. The number of likely N-dealkylation sites (tertiary alicyclic amines) is 2. The van der Waals surface area contributed by atoms with Crippen LogP contribution < -0.4 is 19.5 Å². The number of carbonyl (C=O) groups is 4. The Labute approximate surface area is 345 Å². The van der Waals surface area contributed by atoms with Crippen LogP contribution in [0, 0.1) is 11.3 Å². The molecule has 3 heterocycles. The average molecular weight is 824 g/mol. The van der Waals surface area contributed by atoms with Crippen LogP contribution in [0.5, 0.6) is 11.5 Å². The van der Waals surface area contributed by atoms with Crippen molar-refractivity contribution in [1.82, 2.24) is 24.8 Å². The highest BCUT2D eigenvalue weighted by Crippen LogP contribution is 2.38. The van der Waals surface area contributed by atoms with E-state index in [4.69, 9.17) is 14.5 Å². The Morgan fingerprint density at radius 3 is 2.22 bits per heavy atom. The minimum atomic E-state index is -3.94.